The van der Waals surface area contributed by atoms with Crippen LogP contribution in [0.2, 0.25) is 0 Å². The van der Waals surface area contributed by atoms with E-state index in [1.54, 1.807) is 9.91 Å². The molecule has 8 heteroatoms. The summed E-state index contributed by atoms with van der Waals surface area (Å²) in [5, 5.41) is 4.84. The van der Waals surface area contributed by atoms with Crippen molar-refractivity contribution in [2.24, 2.45) is 0 Å². The molecule has 2 heterocycles. The lowest BCUT2D eigenvalue weighted by atomic mass is 9.97. The lowest BCUT2D eigenvalue weighted by molar-refractivity contribution is -0.123. The molecule has 2 fully saturated rings. The molecule has 8 nitrogen and oxygen atoms in total. The predicted octanol–water partition coefficient (Wildman–Crippen LogP) is 4.01. The second-order valence-electron chi connectivity index (χ2n) is 10.3. The smallest absolute Gasteiger partial charge is 0.340 e. The summed E-state index contributed by atoms with van der Waals surface area (Å²) in [5.41, 5.74) is 6.30. The molecule has 2 aromatic rings. The maximum absolute atomic E-state index is 13.1. The number of hydrogen-bond acceptors (Lipinski definition) is 5. The summed E-state index contributed by atoms with van der Waals surface area (Å²) in [6, 6.07) is 18.5. The van der Waals surface area contributed by atoms with Crippen LogP contribution in [0.25, 0.3) is 0 Å². The Hall–Kier alpha value is -3.10. The van der Waals surface area contributed by atoms with Crippen LogP contribution < -0.4 is 20.5 Å². The largest absolute Gasteiger partial charge is 0.369 e. The van der Waals surface area contributed by atoms with E-state index in [1.165, 1.54) is 0 Å². The number of urea groups is 1. The molecule has 2 N–H and O–H groups in total. The number of nitrogens with one attached hydrogen (secondary N) is 2. The Kier molecular flexibility index (Phi) is 9.41. The molecule has 1 unspecified atom stereocenters. The van der Waals surface area contributed by atoms with Crippen LogP contribution in [0.4, 0.5) is 16.2 Å². The van der Waals surface area contributed by atoms with Crippen molar-refractivity contribution in [1.29, 1.82) is 0 Å². The zero-order valence-corrected chi connectivity index (χ0v) is 22.5. The molecule has 0 spiro atoms. The molecule has 0 aliphatic carbocycles. The van der Waals surface area contributed by atoms with Gasteiger partial charge >= 0.3 is 6.03 Å². The first kappa shape index (κ1) is 26.9. The molecule has 2 aliphatic rings. The van der Waals surface area contributed by atoms with Gasteiger partial charge in [0.1, 0.15) is 0 Å². The van der Waals surface area contributed by atoms with E-state index in [1.807, 2.05) is 44.2 Å². The molecular weight excluding hydrogens is 464 g/mol. The van der Waals surface area contributed by atoms with Crippen molar-refractivity contribution in [2.75, 3.05) is 55.7 Å². The molecule has 2 aromatic carbocycles. The quantitative estimate of drug-likeness (QED) is 0.451. The van der Waals surface area contributed by atoms with Crippen molar-refractivity contribution in [3.63, 3.8) is 0 Å². The highest BCUT2D eigenvalue weighted by Gasteiger charge is 2.31. The number of amides is 3. The average Bonchev–Trinajstić information content (AvgIpc) is 3.32. The summed E-state index contributed by atoms with van der Waals surface area (Å²) < 4.78 is 0. The van der Waals surface area contributed by atoms with Gasteiger partial charge in [0.2, 0.25) is 5.91 Å². The van der Waals surface area contributed by atoms with E-state index in [9.17, 15) is 9.59 Å². The molecule has 3 amide bonds. The Balaban J connectivity index is 1.32. The summed E-state index contributed by atoms with van der Waals surface area (Å²) in [7, 11) is 0. The lowest BCUT2D eigenvalue weighted by Gasteiger charge is -2.37. The van der Waals surface area contributed by atoms with E-state index >= 15 is 0 Å². The number of rotatable bonds is 11. The van der Waals surface area contributed by atoms with Crippen LogP contribution >= 0.6 is 0 Å². The third-order valence-electron chi connectivity index (χ3n) is 7.29. The third-order valence-corrected chi connectivity index (χ3v) is 7.29. The molecule has 2 saturated heterocycles. The Morgan fingerprint density at radius 3 is 2.24 bits per heavy atom. The van der Waals surface area contributed by atoms with E-state index in [4.69, 9.17) is 0 Å². The maximum atomic E-state index is 13.1. The number of hydrogen-bond donors (Lipinski definition) is 2. The number of benzene rings is 2. The summed E-state index contributed by atoms with van der Waals surface area (Å²) in [6.07, 6.45) is 3.32. The van der Waals surface area contributed by atoms with Crippen molar-refractivity contribution >= 4 is 23.3 Å². The van der Waals surface area contributed by atoms with E-state index in [0.717, 1.165) is 75.5 Å². The van der Waals surface area contributed by atoms with Gasteiger partial charge in [-0.05, 0) is 50.1 Å². The first-order valence-corrected chi connectivity index (χ1v) is 13.7. The van der Waals surface area contributed by atoms with Gasteiger partial charge in [0.25, 0.3) is 0 Å². The first-order chi connectivity index (χ1) is 18.0. The monoisotopic (exact) mass is 506 g/mol. The van der Waals surface area contributed by atoms with Gasteiger partial charge in [0.05, 0.1) is 12.6 Å². The number of anilines is 2. The van der Waals surface area contributed by atoms with E-state index in [0.29, 0.717) is 6.67 Å². The average molecular weight is 507 g/mol. The van der Waals surface area contributed by atoms with Crippen LogP contribution in [-0.4, -0.2) is 73.8 Å². The number of unbranched alkanes of at least 4 members (excludes halogenated alkanes) is 2. The summed E-state index contributed by atoms with van der Waals surface area (Å²) in [5.74, 6) is -0.0343. The minimum absolute atomic E-state index is 0.0151. The maximum Gasteiger partial charge on any atom is 0.340 e. The minimum atomic E-state index is -0.161. The van der Waals surface area contributed by atoms with Crippen LogP contribution in [0.3, 0.4) is 0 Å². The highest BCUT2D eigenvalue weighted by Crippen LogP contribution is 2.25. The van der Waals surface area contributed by atoms with E-state index < -0.39 is 0 Å². The number of nitrogens with zero attached hydrogens (tertiary/aromatic N) is 4. The number of carbonyl (C=O) groups excluding carboxylic acids is 2. The van der Waals surface area contributed by atoms with Crippen LogP contribution in [-0.2, 0) is 4.79 Å². The summed E-state index contributed by atoms with van der Waals surface area (Å²) in [4.78, 5) is 32.3. The highest BCUT2D eigenvalue weighted by molar-refractivity contribution is 5.93. The molecule has 37 heavy (non-hydrogen) atoms. The Labute approximate surface area is 221 Å². The van der Waals surface area contributed by atoms with Crippen molar-refractivity contribution in [3.05, 3.63) is 60.2 Å². The topological polar surface area (TPSA) is 71.2 Å². The minimum Gasteiger partial charge on any atom is -0.369 e. The van der Waals surface area contributed by atoms with Crippen LogP contribution in [0, 0.1) is 0 Å². The zero-order chi connectivity index (χ0) is 26.2. The van der Waals surface area contributed by atoms with Gasteiger partial charge in [0, 0.05) is 56.7 Å². The molecule has 0 radical (unpaired) electrons. The van der Waals surface area contributed by atoms with Gasteiger partial charge < -0.3 is 10.2 Å². The van der Waals surface area contributed by atoms with Gasteiger partial charge in [-0.3, -0.25) is 19.6 Å². The number of carbonyl (C=O) groups is 2. The fourth-order valence-electron chi connectivity index (χ4n) is 5.04. The molecule has 1 atom stereocenters. The van der Waals surface area contributed by atoms with Crippen molar-refractivity contribution in [3.8, 4) is 0 Å². The fraction of sp³-hybridized carbons (Fsp3) is 0.517. The van der Waals surface area contributed by atoms with Crippen LogP contribution in [0.5, 0.6) is 0 Å². The van der Waals surface area contributed by atoms with Gasteiger partial charge in [-0.25, -0.2) is 10.2 Å². The van der Waals surface area contributed by atoms with Crippen molar-refractivity contribution < 1.29 is 9.59 Å². The standard InChI is InChI=1S/C29H42N6O2/c1-4-5-9-16-30-28(36)27(24-10-7-6-8-11-24)21-32-17-19-33(20-18-32)25-12-14-26(15-13-25)34-22-31-35(23(2)3)29(34)37/h6-8,10-15,23,27,31H,4-5,9,16-22H2,1-3H3,(H,30,36). The Morgan fingerprint density at radius 2 is 1.62 bits per heavy atom. The molecule has 0 aromatic heterocycles. The zero-order valence-electron chi connectivity index (χ0n) is 22.5. The first-order valence-electron chi connectivity index (χ1n) is 13.7. The molecule has 2 aliphatic heterocycles. The molecular formula is C29H42N6O2. The van der Waals surface area contributed by atoms with Crippen molar-refractivity contribution in [2.45, 2.75) is 52.0 Å². The highest BCUT2D eigenvalue weighted by atomic mass is 16.2. The van der Waals surface area contributed by atoms with Crippen LogP contribution in [0.1, 0.15) is 51.5 Å². The van der Waals surface area contributed by atoms with Gasteiger partial charge in [0.15, 0.2) is 0 Å². The molecule has 0 bridgehead atoms. The summed E-state index contributed by atoms with van der Waals surface area (Å²) >= 11 is 0. The second kappa shape index (κ2) is 12.9. The third kappa shape index (κ3) is 6.81. The second-order valence-corrected chi connectivity index (χ2v) is 10.3. The SMILES string of the molecule is CCCCCNC(=O)C(CN1CCN(c2ccc(N3CNN(C(C)C)C3=O)cc2)CC1)c1ccccc1. The van der Waals surface area contributed by atoms with Gasteiger partial charge in [-0.2, -0.15) is 0 Å². The Morgan fingerprint density at radius 1 is 0.946 bits per heavy atom. The van der Waals surface area contributed by atoms with E-state index in [2.05, 4.69) is 51.7 Å². The predicted molar refractivity (Wildman–Crippen MR) is 150 cm³/mol. The van der Waals surface area contributed by atoms with Crippen molar-refractivity contribution in [1.82, 2.24) is 20.7 Å². The Bertz CT molecular complexity index is 1000. The fourth-order valence-corrected chi connectivity index (χ4v) is 5.04. The van der Waals surface area contributed by atoms with Crippen LogP contribution in [0.15, 0.2) is 54.6 Å². The normalized spacial score (nSPS) is 17.5. The van der Waals surface area contributed by atoms with Gasteiger partial charge in [-0.15, -0.1) is 0 Å². The lowest BCUT2D eigenvalue weighted by Crippen LogP contribution is -2.49. The number of hydrazine groups is 1. The number of piperazine rings is 1. The molecule has 0 saturated carbocycles. The molecule has 200 valence electrons. The summed E-state index contributed by atoms with van der Waals surface area (Å²) in [6.45, 7) is 11.8. The molecule has 4 rings (SSSR count). The van der Waals surface area contributed by atoms with E-state index in [-0.39, 0.29) is 23.9 Å². The van der Waals surface area contributed by atoms with Gasteiger partial charge in [-0.1, -0.05) is 50.1 Å².